The molecule has 10 nitrogen and oxygen atoms in total. The molecule has 0 unspecified atom stereocenters. The van der Waals surface area contributed by atoms with Crippen LogP contribution in [-0.2, 0) is 29.4 Å². The van der Waals surface area contributed by atoms with E-state index in [1.54, 1.807) is 12.1 Å². The molecule has 0 saturated carbocycles. The fourth-order valence-electron chi connectivity index (χ4n) is 3.16. The Morgan fingerprint density at radius 2 is 1.73 bits per heavy atom. The molecule has 1 saturated heterocycles. The van der Waals surface area contributed by atoms with Gasteiger partial charge in [-0.15, -0.1) is 0 Å². The molecule has 0 aliphatic carbocycles. The van der Waals surface area contributed by atoms with E-state index in [1.165, 1.54) is 36.4 Å². The predicted molar refractivity (Wildman–Crippen MR) is 120 cm³/mol. The highest BCUT2D eigenvalue weighted by molar-refractivity contribution is 7.92. The Bertz CT molecular complexity index is 1210. The number of sulfone groups is 1. The second kappa shape index (κ2) is 10.2. The molecule has 12 heteroatoms. The van der Waals surface area contributed by atoms with Gasteiger partial charge in [0.15, 0.2) is 16.4 Å². The minimum Gasteiger partial charge on any atom is -0.494 e. The first-order valence-electron chi connectivity index (χ1n) is 10.1. The van der Waals surface area contributed by atoms with Gasteiger partial charge in [-0.1, -0.05) is 0 Å². The molecule has 1 fully saturated rings. The van der Waals surface area contributed by atoms with E-state index >= 15 is 0 Å². The van der Waals surface area contributed by atoms with Gasteiger partial charge in [-0.05, 0) is 61.9 Å². The number of sulfonamides is 1. The minimum absolute atomic E-state index is 0.0203. The summed E-state index contributed by atoms with van der Waals surface area (Å²) in [5, 5.41) is 2.52. The lowest BCUT2D eigenvalue weighted by atomic mass is 10.2. The zero-order valence-corrected chi connectivity index (χ0v) is 19.4. The fourth-order valence-corrected chi connectivity index (χ4v) is 5.89. The summed E-state index contributed by atoms with van der Waals surface area (Å²) in [7, 11) is -6.97. The van der Waals surface area contributed by atoms with Gasteiger partial charge in [0, 0.05) is 11.7 Å². The molecule has 1 amide bonds. The number of hydrogen-bond acceptors (Lipinski definition) is 8. The van der Waals surface area contributed by atoms with Gasteiger partial charge in [-0.2, -0.15) is 0 Å². The first kappa shape index (κ1) is 24.5. The first-order valence-corrected chi connectivity index (χ1v) is 13.4. The maximum absolute atomic E-state index is 12.5. The zero-order valence-electron chi connectivity index (χ0n) is 17.8. The van der Waals surface area contributed by atoms with Crippen molar-refractivity contribution in [2.75, 3.05) is 29.4 Å². The van der Waals surface area contributed by atoms with E-state index in [0.717, 1.165) is 0 Å². The van der Waals surface area contributed by atoms with E-state index in [2.05, 4.69) is 10.0 Å². The molecule has 0 aromatic heterocycles. The monoisotopic (exact) mass is 496 g/mol. The van der Waals surface area contributed by atoms with E-state index in [-0.39, 0.29) is 27.7 Å². The maximum atomic E-state index is 12.5. The third kappa shape index (κ3) is 6.93. The molecule has 3 rings (SSSR count). The Balaban J connectivity index is 1.52. The summed E-state index contributed by atoms with van der Waals surface area (Å²) in [6.07, 6.45) is 0.329. The topological polar surface area (TPSA) is 145 Å². The highest BCUT2D eigenvalue weighted by atomic mass is 32.2. The van der Waals surface area contributed by atoms with Crippen LogP contribution in [0.4, 0.5) is 5.69 Å². The number of esters is 1. The van der Waals surface area contributed by atoms with Crippen LogP contribution in [0.5, 0.6) is 5.75 Å². The van der Waals surface area contributed by atoms with Crippen molar-refractivity contribution in [3.05, 3.63) is 54.1 Å². The van der Waals surface area contributed by atoms with E-state index in [0.29, 0.717) is 18.8 Å². The molecule has 0 spiro atoms. The van der Waals surface area contributed by atoms with Crippen molar-refractivity contribution in [3.8, 4) is 5.75 Å². The van der Waals surface area contributed by atoms with Crippen molar-refractivity contribution in [2.45, 2.75) is 24.3 Å². The van der Waals surface area contributed by atoms with Crippen molar-refractivity contribution in [1.82, 2.24) is 5.32 Å². The van der Waals surface area contributed by atoms with E-state index in [1.807, 2.05) is 6.92 Å². The Hall–Kier alpha value is -3.12. The van der Waals surface area contributed by atoms with E-state index in [9.17, 15) is 26.4 Å². The van der Waals surface area contributed by atoms with E-state index in [4.69, 9.17) is 9.47 Å². The summed E-state index contributed by atoms with van der Waals surface area (Å²) in [5.74, 6) is -0.913. The van der Waals surface area contributed by atoms with Crippen LogP contribution < -0.4 is 14.8 Å². The number of hydrogen-bond donors (Lipinski definition) is 2. The van der Waals surface area contributed by atoms with Crippen LogP contribution >= 0.6 is 0 Å². The van der Waals surface area contributed by atoms with E-state index < -0.39 is 44.4 Å². The van der Waals surface area contributed by atoms with Crippen LogP contribution in [0.15, 0.2) is 53.4 Å². The molecule has 2 aromatic carbocycles. The zero-order chi connectivity index (χ0) is 24.1. The molecule has 178 valence electrons. The number of ether oxygens (including phenoxy) is 2. The third-order valence-corrected chi connectivity index (χ3v) is 7.91. The standard InChI is InChI=1S/C21H24N2O8S2/c1-2-30-18-7-9-19(10-8-18)33(28,29)23-16-5-3-15(4-6-16)21(25)31-13-20(24)22-17-11-12-32(26,27)14-17/h3-10,17,23H,2,11-14H2,1H3,(H,22,24)/t17-/m0/s1. The second-order valence-corrected chi connectivity index (χ2v) is 11.2. The number of rotatable bonds is 9. The maximum Gasteiger partial charge on any atom is 0.338 e. The lowest BCUT2D eigenvalue weighted by Gasteiger charge is -2.11. The highest BCUT2D eigenvalue weighted by Gasteiger charge is 2.29. The summed E-state index contributed by atoms with van der Waals surface area (Å²) in [5.41, 5.74) is 0.357. The SMILES string of the molecule is CCOc1ccc(S(=O)(=O)Nc2ccc(C(=O)OCC(=O)N[C@H]3CCS(=O)(=O)C3)cc2)cc1. The number of amides is 1. The number of benzene rings is 2. The average molecular weight is 497 g/mol. The molecule has 2 N–H and O–H groups in total. The van der Waals surface area contributed by atoms with Crippen LogP contribution in [0, 0.1) is 0 Å². The lowest BCUT2D eigenvalue weighted by molar-refractivity contribution is -0.124. The number of carbonyl (C=O) groups excluding carboxylic acids is 2. The summed E-state index contributed by atoms with van der Waals surface area (Å²) >= 11 is 0. The largest absolute Gasteiger partial charge is 0.494 e. The van der Waals surface area contributed by atoms with Gasteiger partial charge in [-0.25, -0.2) is 21.6 Å². The molecule has 1 aliphatic rings. The van der Waals surface area contributed by atoms with Crippen molar-refractivity contribution in [1.29, 1.82) is 0 Å². The molecule has 0 radical (unpaired) electrons. The molecule has 33 heavy (non-hydrogen) atoms. The summed E-state index contributed by atoms with van der Waals surface area (Å²) < 4.78 is 60.5. The van der Waals surface area contributed by atoms with Gasteiger partial charge in [-0.3, -0.25) is 9.52 Å². The van der Waals surface area contributed by atoms with Crippen LogP contribution in [0.25, 0.3) is 0 Å². The Labute approximate surface area is 192 Å². The molecule has 0 bridgehead atoms. The Morgan fingerprint density at radius 1 is 1.06 bits per heavy atom. The van der Waals surface area contributed by atoms with Crippen molar-refractivity contribution >= 4 is 37.4 Å². The Kier molecular flexibility index (Phi) is 7.59. The number of carbonyl (C=O) groups is 2. The first-order chi connectivity index (χ1) is 15.6. The molecule has 1 atom stereocenters. The molecular weight excluding hydrogens is 472 g/mol. The van der Waals surface area contributed by atoms with Crippen molar-refractivity contribution < 1.29 is 35.9 Å². The third-order valence-electron chi connectivity index (χ3n) is 4.75. The normalized spacial score (nSPS) is 17.2. The average Bonchev–Trinajstić information content (AvgIpc) is 3.11. The van der Waals surface area contributed by atoms with Gasteiger partial charge in [0.05, 0.1) is 28.6 Å². The molecule has 1 aliphatic heterocycles. The number of nitrogens with one attached hydrogen (secondary N) is 2. The second-order valence-electron chi connectivity index (χ2n) is 7.33. The molecule has 1 heterocycles. The van der Waals surface area contributed by atoms with Gasteiger partial charge in [0.25, 0.3) is 15.9 Å². The van der Waals surface area contributed by atoms with Gasteiger partial charge < -0.3 is 14.8 Å². The predicted octanol–water partition coefficient (Wildman–Crippen LogP) is 1.35. The number of anilines is 1. The Morgan fingerprint density at radius 3 is 2.30 bits per heavy atom. The van der Waals surface area contributed by atoms with Crippen molar-refractivity contribution in [2.24, 2.45) is 0 Å². The quantitative estimate of drug-likeness (QED) is 0.495. The summed E-state index contributed by atoms with van der Waals surface area (Å²) in [4.78, 5) is 24.1. The van der Waals surface area contributed by atoms with Crippen molar-refractivity contribution in [3.63, 3.8) is 0 Å². The molecular formula is C21H24N2O8S2. The minimum atomic E-state index is -3.84. The summed E-state index contributed by atoms with van der Waals surface area (Å²) in [6, 6.07) is 11.0. The lowest BCUT2D eigenvalue weighted by Crippen LogP contribution is -2.38. The fraction of sp³-hybridized carbons (Fsp3) is 0.333. The van der Waals surface area contributed by atoms with Crippen LogP contribution in [0.1, 0.15) is 23.7 Å². The van der Waals surface area contributed by atoms with Gasteiger partial charge in [0.2, 0.25) is 0 Å². The smallest absolute Gasteiger partial charge is 0.338 e. The van der Waals surface area contributed by atoms with Crippen LogP contribution in [0.3, 0.4) is 0 Å². The van der Waals surface area contributed by atoms with Gasteiger partial charge >= 0.3 is 5.97 Å². The van der Waals surface area contributed by atoms with Crippen LogP contribution in [-0.4, -0.2) is 59.5 Å². The van der Waals surface area contributed by atoms with Gasteiger partial charge in [0.1, 0.15) is 5.75 Å². The van der Waals surface area contributed by atoms with Crippen LogP contribution in [0.2, 0.25) is 0 Å². The highest BCUT2D eigenvalue weighted by Crippen LogP contribution is 2.20. The summed E-state index contributed by atoms with van der Waals surface area (Å²) in [6.45, 7) is 1.74. The molecule has 2 aromatic rings.